The van der Waals surface area contributed by atoms with Crippen LogP contribution in [0.2, 0.25) is 0 Å². The molecule has 0 fully saturated rings. The van der Waals surface area contributed by atoms with Gasteiger partial charge in [0.2, 0.25) is 0 Å². The lowest BCUT2D eigenvalue weighted by Gasteiger charge is -2.16. The molecule has 4 heteroatoms. The lowest BCUT2D eigenvalue weighted by atomic mass is 9.92. The number of hydrogen-bond donors (Lipinski definition) is 1. The van der Waals surface area contributed by atoms with E-state index in [1.54, 1.807) is 6.07 Å². The summed E-state index contributed by atoms with van der Waals surface area (Å²) in [6, 6.07) is 13.2. The van der Waals surface area contributed by atoms with Gasteiger partial charge in [-0.15, -0.1) is 0 Å². The Morgan fingerprint density at radius 3 is 2.37 bits per heavy atom. The first kappa shape index (κ1) is 14.7. The van der Waals surface area contributed by atoms with Crippen LogP contribution in [0.15, 0.2) is 51.4 Å². The Balaban J connectivity index is 2.24. The van der Waals surface area contributed by atoms with E-state index in [9.17, 15) is 4.39 Å². The van der Waals surface area contributed by atoms with Gasteiger partial charge in [0.1, 0.15) is 5.82 Å². The lowest BCUT2D eigenvalue weighted by molar-refractivity contribution is 0.613. The highest BCUT2D eigenvalue weighted by Gasteiger charge is 2.14. The van der Waals surface area contributed by atoms with Gasteiger partial charge in [-0.3, -0.25) is 0 Å². The van der Waals surface area contributed by atoms with Crippen LogP contribution in [0, 0.1) is 5.82 Å². The van der Waals surface area contributed by atoms with E-state index >= 15 is 0 Å². The van der Waals surface area contributed by atoms with Gasteiger partial charge >= 0.3 is 0 Å². The summed E-state index contributed by atoms with van der Waals surface area (Å²) in [7, 11) is 0. The zero-order valence-electron chi connectivity index (χ0n) is 10.2. The van der Waals surface area contributed by atoms with E-state index in [0.717, 1.165) is 16.5 Å². The molecule has 2 N–H and O–H groups in total. The maximum atomic E-state index is 13.5. The summed E-state index contributed by atoms with van der Waals surface area (Å²) in [5.74, 6) is -0.0460. The summed E-state index contributed by atoms with van der Waals surface area (Å²) < 4.78 is 15.1. The number of nitrogens with two attached hydrogens (primary N) is 1. The van der Waals surface area contributed by atoms with Crippen LogP contribution in [0.5, 0.6) is 0 Å². The molecule has 0 bridgehead atoms. The molecule has 0 aliphatic heterocycles. The van der Waals surface area contributed by atoms with E-state index in [0.29, 0.717) is 11.0 Å². The van der Waals surface area contributed by atoms with E-state index in [1.807, 2.05) is 18.2 Å². The maximum Gasteiger partial charge on any atom is 0.137 e. The molecule has 0 heterocycles. The minimum Gasteiger partial charge on any atom is -0.330 e. The van der Waals surface area contributed by atoms with Crippen molar-refractivity contribution in [3.05, 3.63) is 68.4 Å². The van der Waals surface area contributed by atoms with E-state index in [4.69, 9.17) is 5.73 Å². The van der Waals surface area contributed by atoms with Crippen LogP contribution >= 0.6 is 31.9 Å². The summed E-state index contributed by atoms with van der Waals surface area (Å²) in [4.78, 5) is 0. The number of hydrogen-bond acceptors (Lipinski definition) is 1. The van der Waals surface area contributed by atoms with Crippen molar-refractivity contribution in [2.75, 3.05) is 6.54 Å². The monoisotopic (exact) mass is 385 g/mol. The van der Waals surface area contributed by atoms with E-state index in [-0.39, 0.29) is 11.7 Å². The molecule has 0 spiro atoms. The van der Waals surface area contributed by atoms with Crippen molar-refractivity contribution in [2.24, 2.45) is 5.73 Å². The number of benzene rings is 2. The van der Waals surface area contributed by atoms with Crippen LogP contribution < -0.4 is 5.73 Å². The van der Waals surface area contributed by atoms with Crippen LogP contribution in [0.1, 0.15) is 17.0 Å². The van der Waals surface area contributed by atoms with Gasteiger partial charge in [0.15, 0.2) is 0 Å². The smallest absolute Gasteiger partial charge is 0.137 e. The molecule has 0 aliphatic rings. The standard InChI is InChI=1S/C15H14Br2FN/c16-13-6-4-10(5-7-13)12(9-19)8-11-2-1-3-14(18)15(11)17/h1-7,12H,8-9,19H2. The second-order valence-electron chi connectivity index (χ2n) is 4.40. The third-order valence-electron chi connectivity index (χ3n) is 3.12. The topological polar surface area (TPSA) is 26.0 Å². The van der Waals surface area contributed by atoms with Gasteiger partial charge in [-0.25, -0.2) is 4.39 Å². The van der Waals surface area contributed by atoms with Crippen molar-refractivity contribution in [3.8, 4) is 0 Å². The van der Waals surface area contributed by atoms with Crippen molar-refractivity contribution in [3.63, 3.8) is 0 Å². The minimum atomic E-state index is -0.232. The van der Waals surface area contributed by atoms with Crippen molar-refractivity contribution in [1.29, 1.82) is 0 Å². The van der Waals surface area contributed by atoms with Crippen LogP contribution in [0.25, 0.3) is 0 Å². The average molecular weight is 387 g/mol. The minimum absolute atomic E-state index is 0.186. The molecule has 19 heavy (non-hydrogen) atoms. The predicted molar refractivity (Wildman–Crippen MR) is 83.7 cm³/mol. The van der Waals surface area contributed by atoms with Crippen molar-refractivity contribution >= 4 is 31.9 Å². The van der Waals surface area contributed by atoms with Crippen LogP contribution in [-0.2, 0) is 6.42 Å². The van der Waals surface area contributed by atoms with Gasteiger partial charge in [0, 0.05) is 10.4 Å². The van der Waals surface area contributed by atoms with Gasteiger partial charge < -0.3 is 5.73 Å². The molecule has 2 rings (SSSR count). The average Bonchev–Trinajstić information content (AvgIpc) is 2.42. The highest BCUT2D eigenvalue weighted by Crippen LogP contribution is 2.27. The quantitative estimate of drug-likeness (QED) is 0.813. The van der Waals surface area contributed by atoms with Gasteiger partial charge in [-0.2, -0.15) is 0 Å². The Labute approximate surface area is 129 Å². The fourth-order valence-corrected chi connectivity index (χ4v) is 2.73. The zero-order chi connectivity index (χ0) is 13.8. The SMILES string of the molecule is NCC(Cc1cccc(F)c1Br)c1ccc(Br)cc1. The molecular formula is C15H14Br2FN. The lowest BCUT2D eigenvalue weighted by Crippen LogP contribution is -2.15. The summed E-state index contributed by atoms with van der Waals surface area (Å²) in [5, 5.41) is 0. The molecule has 0 aromatic heterocycles. The summed E-state index contributed by atoms with van der Waals surface area (Å²) in [6.45, 7) is 0.532. The van der Waals surface area contributed by atoms with Gasteiger partial charge in [-0.1, -0.05) is 40.2 Å². The molecule has 100 valence electrons. The van der Waals surface area contributed by atoms with E-state index in [1.165, 1.54) is 11.6 Å². The molecule has 0 radical (unpaired) electrons. The molecule has 1 atom stereocenters. The normalized spacial score (nSPS) is 12.4. The first-order valence-electron chi connectivity index (χ1n) is 6.00. The van der Waals surface area contributed by atoms with E-state index < -0.39 is 0 Å². The molecular weight excluding hydrogens is 373 g/mol. The Hall–Kier alpha value is -0.710. The van der Waals surface area contributed by atoms with Gasteiger partial charge in [0.05, 0.1) is 4.47 Å². The summed E-state index contributed by atoms with van der Waals surface area (Å²) in [5.41, 5.74) is 7.97. The van der Waals surface area contributed by atoms with Crippen molar-refractivity contribution in [2.45, 2.75) is 12.3 Å². The molecule has 1 unspecified atom stereocenters. The number of halogens is 3. The Morgan fingerprint density at radius 2 is 1.74 bits per heavy atom. The first-order chi connectivity index (χ1) is 9.11. The molecule has 0 saturated carbocycles. The largest absolute Gasteiger partial charge is 0.330 e. The summed E-state index contributed by atoms with van der Waals surface area (Å²) >= 11 is 6.71. The Morgan fingerprint density at radius 1 is 1.05 bits per heavy atom. The van der Waals surface area contributed by atoms with Crippen molar-refractivity contribution < 1.29 is 4.39 Å². The molecule has 0 amide bonds. The van der Waals surface area contributed by atoms with Gasteiger partial charge in [0.25, 0.3) is 0 Å². The van der Waals surface area contributed by atoms with Crippen LogP contribution in [0.4, 0.5) is 4.39 Å². The molecule has 2 aromatic carbocycles. The number of rotatable bonds is 4. The predicted octanol–water partition coefficient (Wildman–Crippen LogP) is 4.64. The Bertz CT molecular complexity index is 555. The third kappa shape index (κ3) is 3.65. The molecule has 0 aliphatic carbocycles. The van der Waals surface area contributed by atoms with Gasteiger partial charge in [-0.05, 0) is 58.2 Å². The first-order valence-corrected chi connectivity index (χ1v) is 7.59. The van der Waals surface area contributed by atoms with Crippen LogP contribution in [-0.4, -0.2) is 6.54 Å². The second-order valence-corrected chi connectivity index (χ2v) is 6.11. The maximum absolute atomic E-state index is 13.5. The fourth-order valence-electron chi connectivity index (χ4n) is 2.04. The Kier molecular flexibility index (Phi) is 5.13. The highest BCUT2D eigenvalue weighted by molar-refractivity contribution is 9.10. The fraction of sp³-hybridized carbons (Fsp3) is 0.200. The second kappa shape index (κ2) is 6.64. The zero-order valence-corrected chi connectivity index (χ0v) is 13.4. The van der Waals surface area contributed by atoms with Crippen molar-refractivity contribution in [1.82, 2.24) is 0 Å². The third-order valence-corrected chi connectivity index (χ3v) is 4.54. The summed E-state index contributed by atoms with van der Waals surface area (Å²) in [6.07, 6.45) is 0.719. The highest BCUT2D eigenvalue weighted by atomic mass is 79.9. The van der Waals surface area contributed by atoms with Crippen LogP contribution in [0.3, 0.4) is 0 Å². The molecule has 1 nitrogen and oxygen atoms in total. The van der Waals surface area contributed by atoms with E-state index in [2.05, 4.69) is 44.0 Å². The molecule has 2 aromatic rings. The molecule has 0 saturated heterocycles.